The average molecular weight is 499 g/mol. The normalized spacial score (nSPS) is 14.2. The molecule has 0 saturated carbocycles. The number of aliphatic hydroxyl groups is 1. The molecule has 0 saturated heterocycles. The van der Waals surface area contributed by atoms with Gasteiger partial charge in [0.1, 0.15) is 0 Å². The van der Waals surface area contributed by atoms with E-state index in [1.165, 1.54) is 57.4 Å². The Hall–Kier alpha value is -0.101. The van der Waals surface area contributed by atoms with Crippen molar-refractivity contribution in [2.75, 3.05) is 6.79 Å². The van der Waals surface area contributed by atoms with Crippen LogP contribution in [0.25, 0.3) is 0 Å². The van der Waals surface area contributed by atoms with E-state index in [1.54, 1.807) is 0 Å². The maximum absolute atomic E-state index is 10.2. The van der Waals surface area contributed by atoms with Gasteiger partial charge in [-0.05, 0) is 0 Å². The van der Waals surface area contributed by atoms with Crippen molar-refractivity contribution in [1.82, 2.24) is 0 Å². The predicted molar refractivity (Wildman–Crippen MR) is 122 cm³/mol. The third-order valence-electron chi connectivity index (χ3n) is 5.79. The van der Waals surface area contributed by atoms with E-state index < -0.39 is 18.4 Å². The van der Waals surface area contributed by atoms with Crippen molar-refractivity contribution in [3.8, 4) is 0 Å². The monoisotopic (exact) mass is 500 g/mol. The Labute approximate surface area is 178 Å². The van der Waals surface area contributed by atoms with E-state index in [0.29, 0.717) is 13.4 Å². The van der Waals surface area contributed by atoms with E-state index in [0.717, 1.165) is 6.42 Å². The second-order valence-electron chi connectivity index (χ2n) is 8.36. The molecule has 0 amide bonds. The van der Waals surface area contributed by atoms with Gasteiger partial charge in [-0.1, -0.05) is 0 Å². The molecule has 0 aromatic heterocycles. The molecule has 1 N–H and O–H groups in total. The van der Waals surface area contributed by atoms with Gasteiger partial charge in [0.05, 0.1) is 0 Å². The number of unbranched alkanes of at least 4 members (excludes halogenated alkanes) is 3. The molecule has 0 fully saturated rings. The molecule has 0 radical (unpaired) electrons. The topological polar surface area (TPSA) is 38.7 Å². The van der Waals surface area contributed by atoms with Crippen molar-refractivity contribution in [1.29, 1.82) is 0 Å². The molecule has 1 aromatic rings. The van der Waals surface area contributed by atoms with Crippen LogP contribution in [-0.2, 0) is 16.1 Å². The van der Waals surface area contributed by atoms with Crippen LogP contribution >= 0.6 is 0 Å². The first-order valence-electron chi connectivity index (χ1n) is 11.5. The van der Waals surface area contributed by atoms with Crippen LogP contribution in [0.3, 0.4) is 0 Å². The molecular formula is C24H44O3Sn. The van der Waals surface area contributed by atoms with Crippen LogP contribution in [0.2, 0.25) is 13.3 Å². The summed E-state index contributed by atoms with van der Waals surface area (Å²) in [5.74, 6) is 0. The summed E-state index contributed by atoms with van der Waals surface area (Å²) in [6.07, 6.45) is 8.17. The first kappa shape index (κ1) is 25.9. The SMILES string of the molecule is CCC[CH2][Sn]([CH2]CCC)([CH2]CCC)[C@H](C[C@@H](C)O)OCOCc1ccccc1. The van der Waals surface area contributed by atoms with E-state index in [4.69, 9.17) is 9.47 Å². The molecule has 1 aromatic carbocycles. The van der Waals surface area contributed by atoms with Gasteiger partial charge in [-0.3, -0.25) is 0 Å². The summed E-state index contributed by atoms with van der Waals surface area (Å²) in [4.78, 5) is 0. The van der Waals surface area contributed by atoms with Crippen molar-refractivity contribution >= 4 is 18.4 Å². The summed E-state index contributed by atoms with van der Waals surface area (Å²) >= 11 is -2.56. The molecule has 0 aliphatic heterocycles. The minimum absolute atomic E-state index is 0.259. The Balaban J connectivity index is 2.82. The Morgan fingerprint density at radius 2 is 1.43 bits per heavy atom. The van der Waals surface area contributed by atoms with Crippen molar-refractivity contribution in [3.05, 3.63) is 35.9 Å². The van der Waals surface area contributed by atoms with Crippen LogP contribution in [0, 0.1) is 0 Å². The molecule has 2 atom stereocenters. The van der Waals surface area contributed by atoms with E-state index in [9.17, 15) is 5.11 Å². The zero-order valence-electron chi connectivity index (χ0n) is 18.8. The zero-order chi connectivity index (χ0) is 20.7. The van der Waals surface area contributed by atoms with Crippen LogP contribution < -0.4 is 0 Å². The molecule has 28 heavy (non-hydrogen) atoms. The number of aliphatic hydroxyl groups excluding tert-OH is 1. The fourth-order valence-corrected chi connectivity index (χ4v) is 21.7. The van der Waals surface area contributed by atoms with Crippen molar-refractivity contribution in [3.63, 3.8) is 0 Å². The van der Waals surface area contributed by atoms with Gasteiger partial charge >= 0.3 is 178 Å². The van der Waals surface area contributed by atoms with Crippen LogP contribution in [0.5, 0.6) is 0 Å². The molecule has 3 nitrogen and oxygen atoms in total. The Bertz CT molecular complexity index is 456. The van der Waals surface area contributed by atoms with Crippen molar-refractivity contribution < 1.29 is 14.6 Å². The second kappa shape index (κ2) is 15.7. The number of benzene rings is 1. The molecule has 4 heteroatoms. The van der Waals surface area contributed by atoms with Crippen LogP contribution in [0.4, 0.5) is 0 Å². The molecule has 0 aliphatic carbocycles. The third-order valence-corrected chi connectivity index (χ3v) is 22.4. The molecule has 0 aliphatic rings. The van der Waals surface area contributed by atoms with Crippen LogP contribution in [0.15, 0.2) is 30.3 Å². The summed E-state index contributed by atoms with van der Waals surface area (Å²) in [6.45, 7) is 9.73. The van der Waals surface area contributed by atoms with Gasteiger partial charge < -0.3 is 0 Å². The van der Waals surface area contributed by atoms with E-state index in [1.807, 2.05) is 25.1 Å². The molecule has 0 bridgehead atoms. The summed E-state index contributed by atoms with van der Waals surface area (Å²) in [6, 6.07) is 10.3. The summed E-state index contributed by atoms with van der Waals surface area (Å²) < 4.78 is 16.7. The van der Waals surface area contributed by atoms with Gasteiger partial charge in [0.2, 0.25) is 0 Å². The molecule has 1 rings (SSSR count). The second-order valence-corrected chi connectivity index (χ2v) is 22.3. The molecule has 0 unspecified atom stereocenters. The first-order chi connectivity index (χ1) is 13.6. The molecule has 0 heterocycles. The van der Waals surface area contributed by atoms with E-state index >= 15 is 0 Å². The summed E-state index contributed by atoms with van der Waals surface area (Å²) in [5, 5.41) is 10.2. The fourth-order valence-electron chi connectivity index (χ4n) is 4.11. The zero-order valence-corrected chi connectivity index (χ0v) is 21.6. The van der Waals surface area contributed by atoms with Gasteiger partial charge in [0, 0.05) is 0 Å². The fraction of sp³-hybridized carbons (Fsp3) is 0.750. The first-order valence-corrected chi connectivity index (χ1v) is 19.2. The number of hydrogen-bond donors (Lipinski definition) is 1. The number of ether oxygens (including phenoxy) is 2. The van der Waals surface area contributed by atoms with Gasteiger partial charge in [-0.2, -0.15) is 0 Å². The van der Waals surface area contributed by atoms with Crippen LogP contribution in [-0.4, -0.2) is 40.5 Å². The number of rotatable bonds is 17. The standard InChI is InChI=1S/C12H17O3.3C4H9.Sn/c1-11(13)7-8-14-10-15-9-12-5-3-2-4-6-12;3*1-3-4-2;/h2-6,8,11,13H,7,9-10H2,1H3;3*1,3-4H2,2H3;/t11-;;;;/m1..../s1. The van der Waals surface area contributed by atoms with E-state index in [-0.39, 0.29) is 10.2 Å². The van der Waals surface area contributed by atoms with Crippen LogP contribution in [0.1, 0.15) is 78.2 Å². The minimum atomic E-state index is -2.56. The van der Waals surface area contributed by atoms with E-state index in [2.05, 4.69) is 32.9 Å². The Kier molecular flexibility index (Phi) is 14.5. The van der Waals surface area contributed by atoms with Gasteiger partial charge in [-0.15, -0.1) is 0 Å². The number of hydrogen-bond acceptors (Lipinski definition) is 3. The Morgan fingerprint density at radius 3 is 1.89 bits per heavy atom. The van der Waals surface area contributed by atoms with Gasteiger partial charge in [0.15, 0.2) is 0 Å². The van der Waals surface area contributed by atoms with Crippen molar-refractivity contribution in [2.24, 2.45) is 0 Å². The third kappa shape index (κ3) is 10.1. The van der Waals surface area contributed by atoms with Gasteiger partial charge in [0.25, 0.3) is 0 Å². The molecule has 162 valence electrons. The molecular weight excluding hydrogens is 455 g/mol. The Morgan fingerprint density at radius 1 is 0.893 bits per heavy atom. The molecule has 0 spiro atoms. The summed E-state index contributed by atoms with van der Waals surface area (Å²) in [5.41, 5.74) is 1.18. The predicted octanol–water partition coefficient (Wildman–Crippen LogP) is 6.71. The average Bonchev–Trinajstić information content (AvgIpc) is 2.70. The van der Waals surface area contributed by atoms with Crippen molar-refractivity contribution in [2.45, 2.75) is 103 Å². The summed E-state index contributed by atoms with van der Waals surface area (Å²) in [7, 11) is 0. The van der Waals surface area contributed by atoms with Gasteiger partial charge in [-0.25, -0.2) is 0 Å². The maximum atomic E-state index is 10.2. The quantitative estimate of drug-likeness (QED) is 0.147.